The van der Waals surface area contributed by atoms with E-state index in [-0.39, 0.29) is 0 Å². The van der Waals surface area contributed by atoms with E-state index in [1.807, 2.05) is 11.4 Å². The van der Waals surface area contributed by atoms with Crippen LogP contribution >= 0.6 is 0 Å². The molecule has 3 nitrogen and oxygen atoms in total. The molecule has 2 atom stereocenters. The number of rotatable bonds is 12. The van der Waals surface area contributed by atoms with E-state index < -0.39 is 17.1 Å². The quantitative estimate of drug-likeness (QED) is 0.505. The predicted octanol–water partition coefficient (Wildman–Crippen LogP) is 4.23. The Balaban J connectivity index is 5.01. The van der Waals surface area contributed by atoms with Crippen LogP contribution in [-0.4, -0.2) is 30.3 Å². The summed E-state index contributed by atoms with van der Waals surface area (Å²) < 4.78 is 18.5. The highest BCUT2D eigenvalue weighted by molar-refractivity contribution is 6.86. The van der Waals surface area contributed by atoms with Crippen molar-refractivity contribution >= 4 is 17.1 Å². The fourth-order valence-corrected chi connectivity index (χ4v) is 8.69. The zero-order valence-corrected chi connectivity index (χ0v) is 15.0. The average molecular weight is 303 g/mol. The summed E-state index contributed by atoms with van der Waals surface area (Å²) in [5, 5.41) is 0. The Hall–Kier alpha value is -0.206. The van der Waals surface area contributed by atoms with Gasteiger partial charge in [0.2, 0.25) is 0 Å². The fourth-order valence-electron chi connectivity index (χ4n) is 1.74. The van der Waals surface area contributed by atoms with E-state index in [0.717, 1.165) is 24.9 Å². The highest BCUT2D eigenvalue weighted by Crippen LogP contribution is 2.25. The van der Waals surface area contributed by atoms with Crippen LogP contribution in [0.3, 0.4) is 0 Å². The maximum Gasteiger partial charge on any atom is 0.355 e. The Morgan fingerprint density at radius 2 is 1.16 bits per heavy atom. The Kier molecular flexibility index (Phi) is 9.55. The van der Waals surface area contributed by atoms with Gasteiger partial charge in [-0.2, -0.15) is 0 Å². The van der Waals surface area contributed by atoms with Crippen molar-refractivity contribution in [1.82, 2.24) is 0 Å². The van der Waals surface area contributed by atoms with Crippen molar-refractivity contribution in [2.24, 2.45) is 0 Å². The van der Waals surface area contributed by atoms with Gasteiger partial charge in [0.1, 0.15) is 0 Å². The molecule has 0 radical (unpaired) electrons. The molecule has 0 aromatic rings. The van der Waals surface area contributed by atoms with Crippen LogP contribution in [0.2, 0.25) is 12.1 Å². The summed E-state index contributed by atoms with van der Waals surface area (Å²) in [6, 6.07) is 1.71. The Morgan fingerprint density at radius 1 is 0.789 bits per heavy atom. The highest BCUT2D eigenvalue weighted by Gasteiger charge is 2.44. The molecule has 0 amide bonds. The highest BCUT2D eigenvalue weighted by atomic mass is 28.5. The lowest BCUT2D eigenvalue weighted by molar-refractivity contribution is 0.195. The summed E-state index contributed by atoms with van der Waals surface area (Å²) >= 11 is 0. The minimum Gasteiger partial charge on any atom is -0.408 e. The van der Waals surface area contributed by atoms with Crippen molar-refractivity contribution < 1.29 is 13.0 Å². The second kappa shape index (κ2) is 9.66. The van der Waals surface area contributed by atoms with Gasteiger partial charge in [-0.15, -0.1) is 13.2 Å². The molecule has 19 heavy (non-hydrogen) atoms. The summed E-state index contributed by atoms with van der Waals surface area (Å²) in [5.74, 6) is 0. The molecule has 0 fully saturated rings. The Bertz CT molecular complexity index is 247. The van der Waals surface area contributed by atoms with Gasteiger partial charge >= 0.3 is 17.1 Å². The largest absolute Gasteiger partial charge is 0.408 e. The Labute approximate surface area is 121 Å². The molecular formula is C14H30O3Si2. The third-order valence-electron chi connectivity index (χ3n) is 3.05. The lowest BCUT2D eigenvalue weighted by Gasteiger charge is -2.36. The summed E-state index contributed by atoms with van der Waals surface area (Å²) in [5.41, 5.74) is 3.78. The lowest BCUT2D eigenvalue weighted by atomic mass is 10.5. The topological polar surface area (TPSA) is 27.7 Å². The number of hydrogen-bond donors (Lipinski definition) is 0. The molecule has 2 unspecified atom stereocenters. The Morgan fingerprint density at radius 3 is 1.37 bits per heavy atom. The molecule has 5 heteroatoms. The summed E-state index contributed by atoms with van der Waals surface area (Å²) in [6.45, 7) is 17.7. The molecular weight excluding hydrogens is 272 g/mol. The van der Waals surface area contributed by atoms with Crippen molar-refractivity contribution in [1.29, 1.82) is 0 Å². The minimum atomic E-state index is -2.36. The van der Waals surface area contributed by atoms with E-state index >= 15 is 0 Å². The first-order valence-electron chi connectivity index (χ1n) is 7.32. The molecule has 0 spiro atoms. The molecule has 0 saturated carbocycles. The van der Waals surface area contributed by atoms with E-state index in [2.05, 4.69) is 40.9 Å². The van der Waals surface area contributed by atoms with E-state index in [4.69, 9.17) is 13.0 Å². The van der Waals surface area contributed by atoms with E-state index in [9.17, 15) is 0 Å². The predicted molar refractivity (Wildman–Crippen MR) is 86.4 cm³/mol. The van der Waals surface area contributed by atoms with Gasteiger partial charge in [-0.3, -0.25) is 0 Å². The molecule has 0 aromatic heterocycles. The molecule has 0 aliphatic carbocycles. The van der Waals surface area contributed by atoms with Gasteiger partial charge in [-0.05, 0) is 24.9 Å². The second-order valence-electron chi connectivity index (χ2n) is 4.54. The molecule has 0 aliphatic rings. The van der Waals surface area contributed by atoms with Crippen molar-refractivity contribution in [3.8, 4) is 0 Å². The van der Waals surface area contributed by atoms with E-state index in [1.54, 1.807) is 0 Å². The van der Waals surface area contributed by atoms with Crippen LogP contribution in [0.5, 0.6) is 0 Å². The van der Waals surface area contributed by atoms with Crippen LogP contribution in [0, 0.1) is 0 Å². The van der Waals surface area contributed by atoms with E-state index in [1.165, 1.54) is 0 Å². The smallest absolute Gasteiger partial charge is 0.355 e. The first-order valence-corrected chi connectivity index (χ1v) is 11.5. The molecule has 0 heterocycles. The lowest BCUT2D eigenvalue weighted by Crippen LogP contribution is -2.53. The third-order valence-corrected chi connectivity index (χ3v) is 10.4. The first kappa shape index (κ1) is 18.8. The summed E-state index contributed by atoms with van der Waals surface area (Å²) in [7, 11) is -4.72. The molecule has 0 aromatic carbocycles. The number of hydrogen-bond acceptors (Lipinski definition) is 3. The normalized spacial score (nSPS) is 17.5. The zero-order valence-electron chi connectivity index (χ0n) is 13.0. The van der Waals surface area contributed by atoms with Crippen molar-refractivity contribution in [2.45, 2.75) is 52.6 Å². The first-order chi connectivity index (χ1) is 9.07. The fraction of sp³-hybridized carbons (Fsp3) is 0.714. The van der Waals surface area contributed by atoms with Gasteiger partial charge in [-0.25, -0.2) is 0 Å². The average Bonchev–Trinajstić information content (AvgIpc) is 2.48. The van der Waals surface area contributed by atoms with Crippen LogP contribution in [0.15, 0.2) is 24.6 Å². The van der Waals surface area contributed by atoms with Gasteiger partial charge in [0, 0.05) is 13.2 Å². The molecule has 0 rings (SSSR count). The van der Waals surface area contributed by atoms with E-state index in [0.29, 0.717) is 13.2 Å². The van der Waals surface area contributed by atoms with Gasteiger partial charge < -0.3 is 13.0 Å². The van der Waals surface area contributed by atoms with Crippen LogP contribution in [0.25, 0.3) is 0 Å². The van der Waals surface area contributed by atoms with Crippen LogP contribution in [0.4, 0.5) is 0 Å². The molecule has 0 saturated heterocycles. The van der Waals surface area contributed by atoms with Crippen LogP contribution < -0.4 is 0 Å². The van der Waals surface area contributed by atoms with Crippen LogP contribution in [0.1, 0.15) is 40.5 Å². The van der Waals surface area contributed by atoms with Gasteiger partial charge in [0.15, 0.2) is 0 Å². The van der Waals surface area contributed by atoms with Gasteiger partial charge in [-0.1, -0.05) is 39.1 Å². The third kappa shape index (κ3) is 5.75. The monoisotopic (exact) mass is 302 g/mol. The van der Waals surface area contributed by atoms with Gasteiger partial charge in [0.05, 0.1) is 0 Å². The molecule has 112 valence electrons. The molecule has 0 aliphatic heterocycles. The maximum atomic E-state index is 6.42. The standard InChI is InChI=1S/C14H30O3Si2/c1-7-13-15-18(9-3,10-4)17-19(11-5,12-6)16-14-8-2/h9,11H,3,5,7-8,10,12-14H2,1-2,4,6H3. The zero-order chi connectivity index (χ0) is 14.8. The van der Waals surface area contributed by atoms with Crippen molar-refractivity contribution in [3.05, 3.63) is 24.6 Å². The van der Waals surface area contributed by atoms with Gasteiger partial charge in [0.25, 0.3) is 0 Å². The summed E-state index contributed by atoms with van der Waals surface area (Å²) in [6.07, 6.45) is 1.97. The second-order valence-corrected chi connectivity index (χ2v) is 11.4. The minimum absolute atomic E-state index is 0.713. The molecule has 0 bridgehead atoms. The van der Waals surface area contributed by atoms with Crippen molar-refractivity contribution in [2.75, 3.05) is 13.2 Å². The van der Waals surface area contributed by atoms with Crippen LogP contribution in [-0.2, 0) is 13.0 Å². The SMILES string of the molecule is C=C[Si](CC)(OCCC)O[Si](C=C)(CC)OCCC. The maximum absolute atomic E-state index is 6.42. The summed E-state index contributed by atoms with van der Waals surface area (Å²) in [4.78, 5) is 0. The van der Waals surface area contributed by atoms with Crippen molar-refractivity contribution in [3.63, 3.8) is 0 Å². The molecule has 0 N–H and O–H groups in total.